The molecular formula is C16H18N3OS+. The number of benzene rings is 2. The van der Waals surface area contributed by atoms with Gasteiger partial charge in [0.05, 0.1) is 6.61 Å². The summed E-state index contributed by atoms with van der Waals surface area (Å²) in [5.74, 6) is 0.852. The summed E-state index contributed by atoms with van der Waals surface area (Å²) in [5.41, 5.74) is 10.2. The van der Waals surface area contributed by atoms with Crippen molar-refractivity contribution in [3.63, 3.8) is 0 Å². The fourth-order valence-electron chi connectivity index (χ4n) is 1.78. The van der Waals surface area contributed by atoms with E-state index < -0.39 is 0 Å². The molecule has 108 valence electrons. The Morgan fingerprint density at radius 3 is 2.52 bits per heavy atom. The first-order valence-electron chi connectivity index (χ1n) is 6.65. The summed E-state index contributed by atoms with van der Waals surface area (Å²) in [5, 5.41) is 3.00. The smallest absolute Gasteiger partial charge is 0.221 e. The maximum atomic E-state index is 5.72. The number of nitrogens with one attached hydrogen (secondary N) is 2. The van der Waals surface area contributed by atoms with Gasteiger partial charge < -0.3 is 10.5 Å². The number of hydrogen-bond acceptors (Lipinski definition) is 2. The van der Waals surface area contributed by atoms with Crippen molar-refractivity contribution in [3.8, 4) is 5.75 Å². The third-order valence-electron chi connectivity index (χ3n) is 2.82. The molecule has 5 heteroatoms. The van der Waals surface area contributed by atoms with Gasteiger partial charge in [0.25, 0.3) is 0 Å². The summed E-state index contributed by atoms with van der Waals surface area (Å²) in [6.07, 6.45) is 2.67. The molecule has 0 atom stereocenters. The molecule has 0 aromatic heterocycles. The first kappa shape index (κ1) is 15.0. The quantitative estimate of drug-likeness (QED) is 0.414. The molecular weight excluding hydrogens is 282 g/mol. The Morgan fingerprint density at radius 1 is 1.14 bits per heavy atom. The Hall–Kier alpha value is -2.40. The van der Waals surface area contributed by atoms with Crippen LogP contribution in [0.4, 0.5) is 0 Å². The normalized spacial score (nSPS) is 10.5. The molecule has 0 saturated carbocycles. The third kappa shape index (κ3) is 5.62. The average molecular weight is 300 g/mol. The van der Waals surface area contributed by atoms with E-state index >= 15 is 0 Å². The van der Waals surface area contributed by atoms with E-state index in [0.717, 1.165) is 17.7 Å². The van der Waals surface area contributed by atoms with Crippen LogP contribution in [0.2, 0.25) is 0 Å². The summed E-state index contributed by atoms with van der Waals surface area (Å²) in [4.78, 5) is 0. The lowest BCUT2D eigenvalue weighted by atomic mass is 10.2. The molecule has 0 aliphatic carbocycles. The molecule has 0 unspecified atom stereocenters. The molecule has 21 heavy (non-hydrogen) atoms. The summed E-state index contributed by atoms with van der Waals surface area (Å²) in [6.45, 7) is 0.661. The van der Waals surface area contributed by atoms with Crippen LogP contribution in [0.15, 0.2) is 54.6 Å². The van der Waals surface area contributed by atoms with Gasteiger partial charge in [-0.05, 0) is 42.0 Å². The van der Waals surface area contributed by atoms with E-state index in [1.165, 1.54) is 5.56 Å². The molecule has 0 aliphatic heterocycles. The Morgan fingerprint density at radius 2 is 1.86 bits per heavy atom. The maximum absolute atomic E-state index is 5.72. The van der Waals surface area contributed by atoms with E-state index in [-0.39, 0.29) is 5.11 Å². The summed E-state index contributed by atoms with van der Waals surface area (Å²) in [7, 11) is 0. The first-order chi connectivity index (χ1) is 10.2. The topological polar surface area (TPSA) is 61.2 Å². The molecule has 0 fully saturated rings. The molecule has 4 N–H and O–H groups in total. The van der Waals surface area contributed by atoms with E-state index in [2.05, 4.69) is 34.9 Å². The van der Waals surface area contributed by atoms with Crippen LogP contribution in [-0.4, -0.2) is 17.9 Å². The number of nitrogens with two attached hydrogens (primary N) is 1. The zero-order valence-electron chi connectivity index (χ0n) is 11.6. The maximum Gasteiger partial charge on any atom is 0.221 e. The highest BCUT2D eigenvalue weighted by Crippen LogP contribution is 2.11. The molecule has 2 rings (SSSR count). The van der Waals surface area contributed by atoms with Crippen molar-refractivity contribution in [2.45, 2.75) is 6.42 Å². The monoisotopic (exact) mass is 300 g/mol. The number of rotatable bonds is 6. The predicted molar refractivity (Wildman–Crippen MR) is 88.1 cm³/mol. The van der Waals surface area contributed by atoms with Gasteiger partial charge in [0.15, 0.2) is 6.21 Å². The minimum atomic E-state index is 0.201. The van der Waals surface area contributed by atoms with Crippen LogP contribution in [0.3, 0.4) is 0 Å². The van der Waals surface area contributed by atoms with Gasteiger partial charge in [-0.25, -0.2) is 0 Å². The summed E-state index contributed by atoms with van der Waals surface area (Å²) < 4.78 is 5.72. The lowest BCUT2D eigenvalue weighted by Gasteiger charge is -2.06. The number of thiocarbonyl (C=S) groups is 1. The van der Waals surface area contributed by atoms with Gasteiger partial charge in [0, 0.05) is 12.0 Å². The van der Waals surface area contributed by atoms with Crippen LogP contribution >= 0.6 is 12.2 Å². The van der Waals surface area contributed by atoms with Crippen LogP contribution < -0.4 is 21.0 Å². The van der Waals surface area contributed by atoms with Crippen LogP contribution in [0.1, 0.15) is 11.1 Å². The van der Waals surface area contributed by atoms with Crippen molar-refractivity contribution in [1.29, 1.82) is 0 Å². The summed E-state index contributed by atoms with van der Waals surface area (Å²) >= 11 is 4.68. The minimum Gasteiger partial charge on any atom is -0.493 e. The fraction of sp³-hybridized carbons (Fsp3) is 0.125. The molecule has 4 nitrogen and oxygen atoms in total. The molecule has 2 aromatic rings. The molecule has 2 aromatic carbocycles. The SMILES string of the molecule is NC(=S)N[NH+]=Cc1ccc(OCCc2ccccc2)cc1. The molecule has 0 saturated heterocycles. The van der Waals surface area contributed by atoms with Crippen LogP contribution in [-0.2, 0) is 6.42 Å². The second-order valence-electron chi connectivity index (χ2n) is 4.43. The number of hydrazone groups is 1. The van der Waals surface area contributed by atoms with Gasteiger partial charge in [-0.15, -0.1) is 10.5 Å². The number of hydrogen-bond donors (Lipinski definition) is 3. The Bertz CT molecular complexity index is 597. The Labute approximate surface area is 129 Å². The van der Waals surface area contributed by atoms with Gasteiger partial charge in [-0.1, -0.05) is 30.3 Å². The zero-order valence-corrected chi connectivity index (χ0v) is 12.4. The highest BCUT2D eigenvalue weighted by Gasteiger charge is 1.97. The first-order valence-corrected chi connectivity index (χ1v) is 7.06. The van der Waals surface area contributed by atoms with Crippen molar-refractivity contribution in [1.82, 2.24) is 5.43 Å². The number of ether oxygens (including phenoxy) is 1. The zero-order chi connectivity index (χ0) is 14.9. The van der Waals surface area contributed by atoms with Gasteiger partial charge in [0.2, 0.25) is 5.11 Å². The standard InChI is InChI=1S/C16H17N3OS/c17-16(21)19-18-12-14-6-8-15(9-7-14)20-11-10-13-4-2-1-3-5-13/h1-9,12H,10-11H2,(H3,17,19,21)/p+1. The Balaban J connectivity index is 1.79. The molecule has 0 spiro atoms. The molecule has 0 aliphatic rings. The second kappa shape index (κ2) is 8.01. The fourth-order valence-corrected chi connectivity index (χ4v) is 1.84. The largest absolute Gasteiger partial charge is 0.493 e. The van der Waals surface area contributed by atoms with Crippen LogP contribution in [0, 0.1) is 0 Å². The summed E-state index contributed by atoms with van der Waals surface area (Å²) in [6, 6.07) is 18.0. The average Bonchev–Trinajstić information content (AvgIpc) is 2.50. The molecule has 0 heterocycles. The van der Waals surface area contributed by atoms with E-state index in [0.29, 0.717) is 6.61 Å². The van der Waals surface area contributed by atoms with E-state index in [1.54, 1.807) is 6.21 Å². The molecule has 0 amide bonds. The van der Waals surface area contributed by atoms with E-state index in [1.807, 2.05) is 42.5 Å². The van der Waals surface area contributed by atoms with Crippen molar-refractivity contribution < 1.29 is 9.84 Å². The predicted octanol–water partition coefficient (Wildman–Crippen LogP) is 0.556. The van der Waals surface area contributed by atoms with Crippen LogP contribution in [0.5, 0.6) is 5.75 Å². The van der Waals surface area contributed by atoms with Gasteiger partial charge in [-0.2, -0.15) is 0 Å². The van der Waals surface area contributed by atoms with Gasteiger partial charge >= 0.3 is 0 Å². The Kier molecular flexibility index (Phi) is 5.72. The van der Waals surface area contributed by atoms with E-state index in [9.17, 15) is 0 Å². The highest BCUT2D eigenvalue weighted by molar-refractivity contribution is 7.80. The van der Waals surface area contributed by atoms with Gasteiger partial charge in [-0.3, -0.25) is 0 Å². The molecule has 0 radical (unpaired) electrons. The number of hydrazine groups is 1. The third-order valence-corrected chi connectivity index (χ3v) is 2.92. The van der Waals surface area contributed by atoms with Crippen molar-refractivity contribution in [2.24, 2.45) is 5.73 Å². The lowest BCUT2D eigenvalue weighted by Crippen LogP contribution is -2.82. The van der Waals surface area contributed by atoms with Crippen molar-refractivity contribution in [2.75, 3.05) is 6.61 Å². The van der Waals surface area contributed by atoms with Crippen molar-refractivity contribution >= 4 is 23.5 Å². The van der Waals surface area contributed by atoms with Crippen LogP contribution in [0.25, 0.3) is 0 Å². The minimum absolute atomic E-state index is 0.201. The lowest BCUT2D eigenvalue weighted by molar-refractivity contribution is -0.499. The van der Waals surface area contributed by atoms with Gasteiger partial charge in [0.1, 0.15) is 5.75 Å². The molecule has 0 bridgehead atoms. The van der Waals surface area contributed by atoms with E-state index in [4.69, 9.17) is 10.5 Å². The highest BCUT2D eigenvalue weighted by atomic mass is 32.1. The second-order valence-corrected chi connectivity index (χ2v) is 4.87. The van der Waals surface area contributed by atoms with Crippen molar-refractivity contribution in [3.05, 3.63) is 65.7 Å².